The van der Waals surface area contributed by atoms with Crippen LogP contribution in [0.4, 0.5) is 22.0 Å². The fourth-order valence-corrected chi connectivity index (χ4v) is 6.18. The van der Waals surface area contributed by atoms with Crippen molar-refractivity contribution in [2.24, 2.45) is 0 Å². The van der Waals surface area contributed by atoms with E-state index in [1.54, 1.807) is 7.11 Å². The van der Waals surface area contributed by atoms with Gasteiger partial charge < -0.3 is 29.9 Å². The Morgan fingerprint density at radius 3 is 2.26 bits per heavy atom. The number of fused-ring (bicyclic) bond motifs is 1. The molecule has 0 spiro atoms. The number of rotatable bonds is 10. The number of hydrogen-bond acceptors (Lipinski definition) is 6. The minimum Gasteiger partial charge on any atom is -0.494 e. The number of hydrogen-bond donors (Lipinski definition) is 2. The SMILES string of the molecule is CCN(CC)CCc1cc(C(C)(C)C)cc(NC(=O)Nc2ccc(-c3ccc(N4CCOCC4)nc3C)c3ccccc23)c1OC. The van der Waals surface area contributed by atoms with Crippen LogP contribution >= 0.6 is 0 Å². The van der Waals surface area contributed by atoms with Crippen LogP contribution in [0, 0.1) is 6.92 Å². The lowest BCUT2D eigenvalue weighted by Gasteiger charge is -2.28. The zero-order valence-corrected chi connectivity index (χ0v) is 28.5. The highest BCUT2D eigenvalue weighted by Crippen LogP contribution is 2.37. The van der Waals surface area contributed by atoms with Gasteiger partial charge in [-0.1, -0.05) is 71.0 Å². The third-order valence-corrected chi connectivity index (χ3v) is 8.94. The minimum atomic E-state index is -0.315. The van der Waals surface area contributed by atoms with E-state index in [2.05, 4.69) is 92.3 Å². The van der Waals surface area contributed by atoms with Gasteiger partial charge in [0.15, 0.2) is 0 Å². The summed E-state index contributed by atoms with van der Waals surface area (Å²) in [5.41, 5.74) is 6.68. The molecule has 2 heterocycles. The fourth-order valence-electron chi connectivity index (χ4n) is 6.18. The summed E-state index contributed by atoms with van der Waals surface area (Å²) in [5.74, 6) is 1.69. The summed E-state index contributed by atoms with van der Waals surface area (Å²) in [5, 5.41) is 8.26. The summed E-state index contributed by atoms with van der Waals surface area (Å²) in [6.45, 7) is 19.0. The number of morpholine rings is 1. The molecule has 0 radical (unpaired) electrons. The molecule has 4 aromatic rings. The third kappa shape index (κ3) is 7.45. The normalized spacial score (nSPS) is 13.7. The lowest BCUT2D eigenvalue weighted by atomic mass is 9.85. The molecule has 1 aliphatic heterocycles. The molecule has 2 N–H and O–H groups in total. The maximum atomic E-state index is 13.6. The topological polar surface area (TPSA) is 79.0 Å². The Morgan fingerprint density at radius 2 is 1.61 bits per heavy atom. The maximum absolute atomic E-state index is 13.6. The molecule has 0 unspecified atom stereocenters. The first-order valence-electron chi connectivity index (χ1n) is 16.5. The third-order valence-electron chi connectivity index (χ3n) is 8.94. The highest BCUT2D eigenvalue weighted by Gasteiger charge is 2.22. The number of carbonyl (C=O) groups is 1. The predicted molar refractivity (Wildman–Crippen MR) is 191 cm³/mol. The number of methoxy groups -OCH3 is 1. The van der Waals surface area contributed by atoms with Crippen LogP contribution in [0.25, 0.3) is 21.9 Å². The molecular formula is C38H49N5O3. The summed E-state index contributed by atoms with van der Waals surface area (Å²) in [6, 6.07) is 20.4. The number of amides is 2. The molecule has 0 saturated carbocycles. The number of aryl methyl sites for hydroxylation is 1. The van der Waals surface area contributed by atoms with Gasteiger partial charge in [0.2, 0.25) is 0 Å². The van der Waals surface area contributed by atoms with Crippen molar-refractivity contribution in [2.45, 2.75) is 53.4 Å². The number of urea groups is 1. The van der Waals surface area contributed by atoms with Crippen molar-refractivity contribution in [3.63, 3.8) is 0 Å². The summed E-state index contributed by atoms with van der Waals surface area (Å²) < 4.78 is 11.4. The first-order valence-corrected chi connectivity index (χ1v) is 16.5. The van der Waals surface area contributed by atoms with Crippen molar-refractivity contribution < 1.29 is 14.3 Å². The molecule has 0 aliphatic carbocycles. The van der Waals surface area contributed by atoms with E-state index in [1.807, 2.05) is 30.3 Å². The largest absolute Gasteiger partial charge is 0.494 e. The van der Waals surface area contributed by atoms with Gasteiger partial charge in [0.25, 0.3) is 0 Å². The lowest BCUT2D eigenvalue weighted by molar-refractivity contribution is 0.122. The predicted octanol–water partition coefficient (Wildman–Crippen LogP) is 7.88. The van der Waals surface area contributed by atoms with Crippen LogP contribution < -0.4 is 20.3 Å². The lowest BCUT2D eigenvalue weighted by Crippen LogP contribution is -2.36. The molecule has 1 fully saturated rings. The first-order chi connectivity index (χ1) is 22.1. The van der Waals surface area contributed by atoms with E-state index in [-0.39, 0.29) is 11.4 Å². The Balaban J connectivity index is 1.42. The van der Waals surface area contributed by atoms with Gasteiger partial charge in [0, 0.05) is 36.3 Å². The summed E-state index contributed by atoms with van der Waals surface area (Å²) >= 11 is 0. The molecule has 8 nitrogen and oxygen atoms in total. The van der Waals surface area contributed by atoms with E-state index in [9.17, 15) is 4.79 Å². The molecule has 0 atom stereocenters. The molecule has 1 aliphatic rings. The van der Waals surface area contributed by atoms with Crippen molar-refractivity contribution >= 4 is 34.0 Å². The van der Waals surface area contributed by atoms with E-state index in [0.29, 0.717) is 11.4 Å². The summed E-state index contributed by atoms with van der Waals surface area (Å²) in [4.78, 5) is 23.2. The number of likely N-dealkylation sites (N-methyl/N-ethyl adjacent to an activating group) is 1. The second kappa shape index (κ2) is 14.5. The molecule has 3 aromatic carbocycles. The molecule has 2 amide bonds. The van der Waals surface area contributed by atoms with Crippen LogP contribution in [0.3, 0.4) is 0 Å². The quantitative estimate of drug-likeness (QED) is 0.187. The van der Waals surface area contributed by atoms with Crippen LogP contribution in [-0.4, -0.2) is 69.0 Å². The van der Waals surface area contributed by atoms with E-state index in [0.717, 1.165) is 103 Å². The van der Waals surface area contributed by atoms with E-state index >= 15 is 0 Å². The zero-order chi connectivity index (χ0) is 32.8. The number of benzene rings is 3. The van der Waals surface area contributed by atoms with Gasteiger partial charge in [-0.25, -0.2) is 9.78 Å². The highest BCUT2D eigenvalue weighted by atomic mass is 16.5. The molecule has 0 bridgehead atoms. The standard InChI is InChI=1S/C38H49N5O3/c1-8-42(9-2)19-18-27-24-28(38(4,5)6)25-34(36(27)45-7)41-37(44)40-33-16-14-31(30-12-10-11-13-32(30)33)29-15-17-35(39-26(29)3)43-20-22-46-23-21-43/h10-17,24-25H,8-9,18-23H2,1-7H3,(H2,40,41,44). The van der Waals surface area contributed by atoms with Gasteiger partial charge in [-0.2, -0.15) is 0 Å². The Hall–Kier alpha value is -4.14. The Kier molecular flexibility index (Phi) is 10.5. The highest BCUT2D eigenvalue weighted by molar-refractivity contribution is 6.10. The van der Waals surface area contributed by atoms with Crippen molar-refractivity contribution in [1.82, 2.24) is 9.88 Å². The number of ether oxygens (including phenoxy) is 2. The Morgan fingerprint density at radius 1 is 0.935 bits per heavy atom. The van der Waals surface area contributed by atoms with Crippen molar-refractivity contribution in [2.75, 3.05) is 68.6 Å². The number of carbonyl (C=O) groups excluding carboxylic acids is 1. The number of nitrogens with one attached hydrogen (secondary N) is 2. The van der Waals surface area contributed by atoms with Crippen LogP contribution in [0.2, 0.25) is 0 Å². The molecule has 5 rings (SSSR count). The van der Waals surface area contributed by atoms with E-state index < -0.39 is 0 Å². The van der Waals surface area contributed by atoms with Gasteiger partial charge in [-0.05, 0) is 78.2 Å². The number of pyridine rings is 1. The van der Waals surface area contributed by atoms with Gasteiger partial charge in [0.05, 0.1) is 31.7 Å². The van der Waals surface area contributed by atoms with Gasteiger partial charge in [0.1, 0.15) is 11.6 Å². The molecule has 1 saturated heterocycles. The number of nitrogens with zero attached hydrogens (tertiary/aromatic N) is 3. The van der Waals surface area contributed by atoms with Gasteiger partial charge in [-0.3, -0.25) is 0 Å². The van der Waals surface area contributed by atoms with Crippen molar-refractivity contribution in [3.05, 3.63) is 77.5 Å². The average Bonchev–Trinajstić information content (AvgIpc) is 3.05. The molecular weight excluding hydrogens is 574 g/mol. The molecule has 244 valence electrons. The van der Waals surface area contributed by atoms with Crippen molar-refractivity contribution in [1.29, 1.82) is 0 Å². The van der Waals surface area contributed by atoms with Crippen LogP contribution in [0.1, 0.15) is 51.4 Å². The summed E-state index contributed by atoms with van der Waals surface area (Å²) in [6.07, 6.45) is 0.832. The second-order valence-corrected chi connectivity index (χ2v) is 12.9. The second-order valence-electron chi connectivity index (χ2n) is 12.9. The Bertz CT molecular complexity index is 1670. The van der Waals surface area contributed by atoms with E-state index in [4.69, 9.17) is 14.5 Å². The Labute approximate surface area is 274 Å². The van der Waals surface area contributed by atoms with Crippen LogP contribution in [-0.2, 0) is 16.6 Å². The minimum absolute atomic E-state index is 0.0947. The average molecular weight is 624 g/mol. The molecule has 46 heavy (non-hydrogen) atoms. The zero-order valence-electron chi connectivity index (χ0n) is 28.5. The van der Waals surface area contributed by atoms with E-state index in [1.165, 1.54) is 0 Å². The van der Waals surface area contributed by atoms with Gasteiger partial charge >= 0.3 is 6.03 Å². The van der Waals surface area contributed by atoms with Crippen molar-refractivity contribution in [3.8, 4) is 16.9 Å². The van der Waals surface area contributed by atoms with Crippen LogP contribution in [0.15, 0.2) is 60.7 Å². The van der Waals surface area contributed by atoms with Crippen LogP contribution in [0.5, 0.6) is 5.75 Å². The number of anilines is 3. The smallest absolute Gasteiger partial charge is 0.323 e. The molecule has 8 heteroatoms. The number of aromatic nitrogens is 1. The fraction of sp³-hybridized carbons (Fsp3) is 0.421. The molecule has 1 aromatic heterocycles. The maximum Gasteiger partial charge on any atom is 0.323 e. The van der Waals surface area contributed by atoms with Gasteiger partial charge in [-0.15, -0.1) is 0 Å². The first kappa shape index (κ1) is 33.2. The summed E-state index contributed by atoms with van der Waals surface area (Å²) in [7, 11) is 1.67. The monoisotopic (exact) mass is 623 g/mol.